The third-order valence-corrected chi connectivity index (χ3v) is 5.16. The Kier molecular flexibility index (Phi) is 4.66. The molecular weight excluding hydrogens is 369 g/mol. The number of benzene rings is 2. The van der Waals surface area contributed by atoms with Crippen LogP contribution in [0.4, 0.5) is 18.9 Å². The molecule has 5 nitrogen and oxygen atoms in total. The van der Waals surface area contributed by atoms with Crippen LogP contribution in [-0.2, 0) is 16.2 Å². The van der Waals surface area contributed by atoms with E-state index >= 15 is 0 Å². The lowest BCUT2D eigenvalue weighted by atomic mass is 10.2. The summed E-state index contributed by atoms with van der Waals surface area (Å²) in [5.41, 5.74) is -1.54. The maximum Gasteiger partial charge on any atom is 0.418 e. The molecule has 2 aromatic rings. The topological polar surface area (TPSA) is 75.3 Å². The molecule has 2 aromatic carbocycles. The number of halogens is 3. The van der Waals surface area contributed by atoms with Crippen molar-refractivity contribution in [2.24, 2.45) is 0 Å². The van der Waals surface area contributed by atoms with Crippen molar-refractivity contribution in [2.45, 2.75) is 30.0 Å². The first-order valence-corrected chi connectivity index (χ1v) is 9.25. The second-order valence-electron chi connectivity index (χ2n) is 5.92. The highest BCUT2D eigenvalue weighted by Gasteiger charge is 2.34. The highest BCUT2D eigenvalue weighted by Crippen LogP contribution is 2.35. The van der Waals surface area contributed by atoms with Crippen molar-refractivity contribution >= 4 is 21.6 Å². The number of para-hydroxylation sites is 1. The van der Waals surface area contributed by atoms with Gasteiger partial charge >= 0.3 is 6.18 Å². The zero-order chi connectivity index (χ0) is 18.9. The summed E-state index contributed by atoms with van der Waals surface area (Å²) >= 11 is 0. The quantitative estimate of drug-likeness (QED) is 0.830. The average molecular weight is 384 g/mol. The van der Waals surface area contributed by atoms with Gasteiger partial charge in [0.2, 0.25) is 0 Å². The summed E-state index contributed by atoms with van der Waals surface area (Å²) in [6, 6.07) is 9.55. The van der Waals surface area contributed by atoms with E-state index in [4.69, 9.17) is 0 Å². The maximum atomic E-state index is 13.0. The number of carbonyl (C=O) groups is 1. The number of amides is 1. The Labute approximate surface area is 148 Å². The van der Waals surface area contributed by atoms with Gasteiger partial charge in [0.05, 0.1) is 16.1 Å². The van der Waals surface area contributed by atoms with Crippen LogP contribution in [0, 0.1) is 0 Å². The van der Waals surface area contributed by atoms with Crippen LogP contribution in [0.15, 0.2) is 53.4 Å². The second kappa shape index (κ2) is 6.64. The van der Waals surface area contributed by atoms with Crippen molar-refractivity contribution in [3.05, 3.63) is 59.7 Å². The second-order valence-corrected chi connectivity index (χ2v) is 7.61. The molecule has 0 unspecified atom stereocenters. The van der Waals surface area contributed by atoms with E-state index in [9.17, 15) is 26.4 Å². The number of alkyl halides is 3. The van der Waals surface area contributed by atoms with Crippen LogP contribution < -0.4 is 10.0 Å². The maximum absolute atomic E-state index is 13.0. The summed E-state index contributed by atoms with van der Waals surface area (Å²) in [5, 5.41) is 2.72. The molecule has 0 aromatic heterocycles. The molecule has 0 aliphatic heterocycles. The Hall–Kier alpha value is -2.55. The molecule has 0 heterocycles. The molecule has 0 spiro atoms. The minimum Gasteiger partial charge on any atom is -0.349 e. The predicted octanol–water partition coefficient (Wildman–Crippen LogP) is 3.40. The Bertz CT molecular complexity index is 938. The van der Waals surface area contributed by atoms with Gasteiger partial charge in [-0.3, -0.25) is 9.52 Å². The first-order chi connectivity index (χ1) is 12.2. The van der Waals surface area contributed by atoms with Crippen LogP contribution in [0.2, 0.25) is 0 Å². The molecule has 9 heteroatoms. The van der Waals surface area contributed by atoms with Gasteiger partial charge < -0.3 is 5.32 Å². The van der Waals surface area contributed by atoms with Crippen molar-refractivity contribution < 1.29 is 26.4 Å². The minimum atomic E-state index is -4.70. The van der Waals surface area contributed by atoms with Crippen molar-refractivity contribution in [3.63, 3.8) is 0 Å². The minimum absolute atomic E-state index is 0.0968. The van der Waals surface area contributed by atoms with E-state index in [1.807, 2.05) is 4.72 Å². The molecule has 1 fully saturated rings. The van der Waals surface area contributed by atoms with Crippen LogP contribution in [0.3, 0.4) is 0 Å². The van der Waals surface area contributed by atoms with Gasteiger partial charge in [-0.1, -0.05) is 18.2 Å². The number of hydrogen-bond acceptors (Lipinski definition) is 3. The number of nitrogens with one attached hydrogen (secondary N) is 2. The molecule has 0 saturated heterocycles. The van der Waals surface area contributed by atoms with E-state index in [1.165, 1.54) is 30.3 Å². The third kappa shape index (κ3) is 4.16. The predicted molar refractivity (Wildman–Crippen MR) is 89.2 cm³/mol. The van der Waals surface area contributed by atoms with Crippen molar-refractivity contribution in [2.75, 3.05) is 4.72 Å². The summed E-state index contributed by atoms with van der Waals surface area (Å²) in [6.07, 6.45) is -2.95. The van der Waals surface area contributed by atoms with Crippen LogP contribution in [0.25, 0.3) is 0 Å². The first kappa shape index (κ1) is 18.2. The van der Waals surface area contributed by atoms with E-state index in [0.29, 0.717) is 0 Å². The van der Waals surface area contributed by atoms with Crippen molar-refractivity contribution in [1.29, 1.82) is 0 Å². The summed E-state index contributed by atoms with van der Waals surface area (Å²) in [6.45, 7) is 0. The molecule has 1 aliphatic carbocycles. The largest absolute Gasteiger partial charge is 0.418 e. The molecule has 1 aliphatic rings. The van der Waals surface area contributed by atoms with E-state index in [1.54, 1.807) is 0 Å². The van der Waals surface area contributed by atoms with Crippen LogP contribution in [-0.4, -0.2) is 20.4 Å². The first-order valence-electron chi connectivity index (χ1n) is 7.77. The summed E-state index contributed by atoms with van der Waals surface area (Å²) in [7, 11) is -4.29. The molecule has 3 rings (SSSR count). The number of hydrogen-bond donors (Lipinski definition) is 2. The zero-order valence-electron chi connectivity index (χ0n) is 13.4. The Morgan fingerprint density at radius 1 is 1.04 bits per heavy atom. The van der Waals surface area contributed by atoms with E-state index in [0.717, 1.165) is 31.0 Å². The molecule has 0 radical (unpaired) electrons. The Balaban J connectivity index is 1.88. The lowest BCUT2D eigenvalue weighted by Gasteiger charge is -2.15. The van der Waals surface area contributed by atoms with Crippen molar-refractivity contribution in [3.8, 4) is 0 Å². The lowest BCUT2D eigenvalue weighted by Crippen LogP contribution is -2.25. The smallest absolute Gasteiger partial charge is 0.349 e. The number of anilines is 1. The summed E-state index contributed by atoms with van der Waals surface area (Å²) < 4.78 is 66.0. The van der Waals surface area contributed by atoms with Crippen LogP contribution >= 0.6 is 0 Å². The molecule has 2 N–H and O–H groups in total. The SMILES string of the molecule is O=C(NC1CC1)c1cccc(S(=O)(=O)Nc2ccccc2C(F)(F)F)c1. The molecule has 26 heavy (non-hydrogen) atoms. The van der Waals surface area contributed by atoms with Gasteiger partial charge in [0.1, 0.15) is 0 Å². The summed E-state index contributed by atoms with van der Waals surface area (Å²) in [5.74, 6) is -0.416. The van der Waals surface area contributed by atoms with Gasteiger partial charge in [-0.05, 0) is 43.2 Å². The normalized spacial score (nSPS) is 14.7. The summed E-state index contributed by atoms with van der Waals surface area (Å²) in [4.78, 5) is 11.7. The number of sulfonamides is 1. The van der Waals surface area contributed by atoms with Gasteiger partial charge in [-0.25, -0.2) is 8.42 Å². The van der Waals surface area contributed by atoms with Gasteiger partial charge in [0.25, 0.3) is 15.9 Å². The van der Waals surface area contributed by atoms with Gasteiger partial charge in [0.15, 0.2) is 0 Å². The van der Waals surface area contributed by atoms with E-state index < -0.39 is 33.4 Å². The molecule has 0 atom stereocenters. The van der Waals surface area contributed by atoms with Gasteiger partial charge in [0, 0.05) is 11.6 Å². The lowest BCUT2D eigenvalue weighted by molar-refractivity contribution is -0.136. The Morgan fingerprint density at radius 3 is 2.38 bits per heavy atom. The monoisotopic (exact) mass is 384 g/mol. The molecule has 138 valence electrons. The zero-order valence-corrected chi connectivity index (χ0v) is 14.2. The Morgan fingerprint density at radius 2 is 1.73 bits per heavy atom. The van der Waals surface area contributed by atoms with Crippen LogP contribution in [0.5, 0.6) is 0 Å². The molecule has 0 bridgehead atoms. The molecule has 1 saturated carbocycles. The molecular formula is C17H15F3N2O3S. The van der Waals surface area contributed by atoms with E-state index in [-0.39, 0.29) is 16.5 Å². The fourth-order valence-corrected chi connectivity index (χ4v) is 3.45. The van der Waals surface area contributed by atoms with Crippen LogP contribution in [0.1, 0.15) is 28.8 Å². The average Bonchev–Trinajstić information content (AvgIpc) is 3.38. The number of carbonyl (C=O) groups excluding carboxylic acids is 1. The fraction of sp³-hybridized carbons (Fsp3) is 0.235. The van der Waals surface area contributed by atoms with Crippen molar-refractivity contribution in [1.82, 2.24) is 5.32 Å². The highest BCUT2D eigenvalue weighted by atomic mass is 32.2. The fourth-order valence-electron chi connectivity index (χ4n) is 2.32. The number of rotatable bonds is 5. The highest BCUT2D eigenvalue weighted by molar-refractivity contribution is 7.92. The van der Waals surface area contributed by atoms with E-state index in [2.05, 4.69) is 5.32 Å². The molecule has 1 amide bonds. The third-order valence-electron chi connectivity index (χ3n) is 3.80. The van der Waals surface area contributed by atoms with Gasteiger partial charge in [-0.2, -0.15) is 13.2 Å². The standard InChI is InChI=1S/C17H15F3N2O3S/c18-17(19,20)14-6-1-2-7-15(14)22-26(24,25)13-5-3-4-11(10-13)16(23)21-12-8-9-12/h1-7,10,12,22H,8-9H2,(H,21,23). The van der Waals surface area contributed by atoms with Gasteiger partial charge in [-0.15, -0.1) is 0 Å².